The summed E-state index contributed by atoms with van der Waals surface area (Å²) >= 11 is 8.82. The van der Waals surface area contributed by atoms with Gasteiger partial charge in [0, 0.05) is 5.08 Å². The Bertz CT molecular complexity index is 161. The second-order valence-electron chi connectivity index (χ2n) is 2.02. The second kappa shape index (κ2) is 11.1. The molecule has 0 radical (unpaired) electrons. The lowest BCUT2D eigenvalue weighted by Crippen LogP contribution is -1.92. The molecule has 7 heteroatoms. The quantitative estimate of drug-likeness (QED) is 0.379. The van der Waals surface area contributed by atoms with Crippen molar-refractivity contribution in [3.05, 3.63) is 0 Å². The first-order chi connectivity index (χ1) is 6.18. The molecule has 0 spiro atoms. The van der Waals surface area contributed by atoms with E-state index in [0.717, 1.165) is 10.8 Å². The Morgan fingerprint density at radius 3 is 2.00 bits per heavy atom. The van der Waals surface area contributed by atoms with E-state index >= 15 is 0 Å². The van der Waals surface area contributed by atoms with Gasteiger partial charge in [-0.15, -0.1) is 12.4 Å². The SMILES string of the molecule is CCOP(=S)(OCC)SCSCC.Cl. The van der Waals surface area contributed by atoms with Gasteiger partial charge >= 0.3 is 0 Å². The zero-order chi connectivity index (χ0) is 10.2. The highest BCUT2D eigenvalue weighted by molar-refractivity contribution is 8.69. The first-order valence-electron chi connectivity index (χ1n) is 4.29. The Morgan fingerprint density at radius 1 is 1.14 bits per heavy atom. The van der Waals surface area contributed by atoms with Gasteiger partial charge in [-0.05, 0) is 31.4 Å². The van der Waals surface area contributed by atoms with Crippen LogP contribution in [-0.2, 0) is 20.9 Å². The van der Waals surface area contributed by atoms with E-state index in [1.807, 2.05) is 25.6 Å². The highest BCUT2D eigenvalue weighted by Crippen LogP contribution is 2.61. The minimum atomic E-state index is -2.02. The van der Waals surface area contributed by atoms with Crippen LogP contribution in [0.15, 0.2) is 0 Å². The lowest BCUT2D eigenvalue weighted by Gasteiger charge is -2.19. The van der Waals surface area contributed by atoms with Gasteiger partial charge in [-0.3, -0.25) is 0 Å². The van der Waals surface area contributed by atoms with Crippen molar-refractivity contribution in [2.75, 3.05) is 24.1 Å². The number of halogens is 1. The molecule has 0 aromatic rings. The van der Waals surface area contributed by atoms with Gasteiger partial charge in [-0.25, -0.2) is 0 Å². The van der Waals surface area contributed by atoms with Crippen LogP contribution in [0.3, 0.4) is 0 Å². The average Bonchev–Trinajstić information content (AvgIpc) is 2.05. The highest BCUT2D eigenvalue weighted by Gasteiger charge is 2.17. The second-order valence-corrected chi connectivity index (χ2v) is 9.97. The minimum absolute atomic E-state index is 0. The molecule has 0 N–H and O–H groups in total. The number of thioether (sulfide) groups is 1. The molecule has 0 heterocycles. The number of hydrogen-bond donors (Lipinski definition) is 0. The van der Waals surface area contributed by atoms with Crippen LogP contribution < -0.4 is 0 Å². The van der Waals surface area contributed by atoms with Crippen molar-refractivity contribution < 1.29 is 9.05 Å². The predicted octanol–water partition coefficient (Wildman–Crippen LogP) is 4.15. The number of hydrogen-bond acceptors (Lipinski definition) is 5. The Hall–Kier alpha value is 1.56. The maximum atomic E-state index is 5.47. The fourth-order valence-corrected chi connectivity index (χ4v) is 7.66. The van der Waals surface area contributed by atoms with Crippen molar-refractivity contribution in [1.29, 1.82) is 0 Å². The molecule has 0 rings (SSSR count). The van der Waals surface area contributed by atoms with Crippen LogP contribution in [0.4, 0.5) is 0 Å². The molecule has 88 valence electrons. The molecule has 0 amide bonds. The summed E-state index contributed by atoms with van der Waals surface area (Å²) in [5, 5.41) is 0.966. The van der Waals surface area contributed by atoms with Gasteiger partial charge in [0.05, 0.1) is 13.2 Å². The molecule has 0 aliphatic carbocycles. The van der Waals surface area contributed by atoms with E-state index in [1.165, 1.54) is 0 Å². The van der Waals surface area contributed by atoms with Crippen LogP contribution in [0.25, 0.3) is 0 Å². The van der Waals surface area contributed by atoms with E-state index in [9.17, 15) is 0 Å². The number of rotatable bonds is 8. The van der Waals surface area contributed by atoms with E-state index in [0.29, 0.717) is 13.2 Å². The third-order valence-corrected chi connectivity index (χ3v) is 8.15. The Morgan fingerprint density at radius 2 is 1.64 bits per heavy atom. The van der Waals surface area contributed by atoms with E-state index in [-0.39, 0.29) is 12.4 Å². The van der Waals surface area contributed by atoms with Gasteiger partial charge in [-0.2, -0.15) is 11.8 Å². The smallest absolute Gasteiger partial charge is 0.248 e. The van der Waals surface area contributed by atoms with Gasteiger partial charge < -0.3 is 9.05 Å². The molecular formula is C7H18ClO2PS3. The van der Waals surface area contributed by atoms with Crippen molar-refractivity contribution >= 4 is 53.1 Å². The van der Waals surface area contributed by atoms with Gasteiger partial charge in [-0.1, -0.05) is 18.3 Å². The average molecular weight is 297 g/mol. The van der Waals surface area contributed by atoms with Crippen LogP contribution in [0, 0.1) is 0 Å². The van der Waals surface area contributed by atoms with Crippen LogP contribution in [0.2, 0.25) is 0 Å². The largest absolute Gasteiger partial charge is 0.322 e. The van der Waals surface area contributed by atoms with Gasteiger partial charge in [0.1, 0.15) is 0 Å². The molecule has 0 aromatic heterocycles. The van der Waals surface area contributed by atoms with E-state index in [4.69, 9.17) is 20.9 Å². The van der Waals surface area contributed by atoms with Crippen molar-refractivity contribution in [1.82, 2.24) is 0 Å². The molecule has 0 bridgehead atoms. The summed E-state index contributed by atoms with van der Waals surface area (Å²) in [6.45, 7) is 7.32. The van der Waals surface area contributed by atoms with E-state index in [1.54, 1.807) is 11.4 Å². The Kier molecular flexibility index (Phi) is 14.2. The van der Waals surface area contributed by atoms with E-state index in [2.05, 4.69) is 6.92 Å². The molecule has 0 aliphatic heterocycles. The standard InChI is InChI=1S/C7H17O2PS3.ClH/c1-4-8-10(11,9-5-2)13-7-12-6-3;/h4-7H2,1-3H3;1H. The highest BCUT2D eigenvalue weighted by atomic mass is 35.5. The summed E-state index contributed by atoms with van der Waals surface area (Å²) in [7, 11) is 0. The zero-order valence-corrected chi connectivity index (χ0v) is 12.9. The molecule has 0 aromatic carbocycles. The zero-order valence-electron chi connectivity index (χ0n) is 8.73. The maximum Gasteiger partial charge on any atom is 0.248 e. The molecule has 0 unspecified atom stereocenters. The first-order valence-corrected chi connectivity index (χ1v) is 9.68. The molecule has 0 saturated heterocycles. The summed E-state index contributed by atoms with van der Waals surface area (Å²) in [6, 6.07) is 0. The molecule has 2 nitrogen and oxygen atoms in total. The van der Waals surface area contributed by atoms with Crippen molar-refractivity contribution in [2.45, 2.75) is 20.8 Å². The molecule has 0 fully saturated rings. The van der Waals surface area contributed by atoms with Gasteiger partial charge in [0.25, 0.3) is 0 Å². The van der Waals surface area contributed by atoms with Gasteiger partial charge in [0.15, 0.2) is 0 Å². The fourth-order valence-electron chi connectivity index (χ4n) is 0.613. The third kappa shape index (κ3) is 8.84. The summed E-state index contributed by atoms with van der Waals surface area (Å²) in [4.78, 5) is 0. The van der Waals surface area contributed by atoms with Crippen LogP contribution >= 0.6 is 41.2 Å². The molecule has 14 heavy (non-hydrogen) atoms. The topological polar surface area (TPSA) is 18.5 Å². The van der Waals surface area contributed by atoms with Crippen molar-refractivity contribution in [2.24, 2.45) is 0 Å². The Labute approximate surface area is 107 Å². The fraction of sp³-hybridized carbons (Fsp3) is 1.00. The van der Waals surface area contributed by atoms with Gasteiger partial charge in [0.2, 0.25) is 5.69 Å². The van der Waals surface area contributed by atoms with Crippen LogP contribution in [0.5, 0.6) is 0 Å². The molecule has 0 atom stereocenters. The van der Waals surface area contributed by atoms with E-state index < -0.39 is 5.69 Å². The van der Waals surface area contributed by atoms with Crippen LogP contribution in [0.1, 0.15) is 20.8 Å². The molecule has 0 saturated carbocycles. The predicted molar refractivity (Wildman–Crippen MR) is 75.4 cm³/mol. The summed E-state index contributed by atoms with van der Waals surface area (Å²) in [5.74, 6) is 1.11. The monoisotopic (exact) mass is 296 g/mol. The molecule has 0 aliphatic rings. The summed E-state index contributed by atoms with van der Waals surface area (Å²) in [6.07, 6.45) is 0. The third-order valence-electron chi connectivity index (χ3n) is 1.07. The minimum Gasteiger partial charge on any atom is -0.322 e. The Balaban J connectivity index is 0. The normalized spacial score (nSPS) is 11.1. The summed E-state index contributed by atoms with van der Waals surface area (Å²) in [5.41, 5.74) is -2.02. The van der Waals surface area contributed by atoms with Crippen LogP contribution in [-0.4, -0.2) is 24.1 Å². The summed E-state index contributed by atoms with van der Waals surface area (Å²) < 4.78 is 10.9. The van der Waals surface area contributed by atoms with Crippen molar-refractivity contribution in [3.8, 4) is 0 Å². The molecular weight excluding hydrogens is 279 g/mol. The lowest BCUT2D eigenvalue weighted by molar-refractivity contribution is 0.280. The maximum absolute atomic E-state index is 5.47. The lowest BCUT2D eigenvalue weighted by atomic mass is 10.9. The first kappa shape index (κ1) is 17.9. The van der Waals surface area contributed by atoms with Crippen molar-refractivity contribution in [3.63, 3.8) is 0 Å².